The lowest BCUT2D eigenvalue weighted by Crippen LogP contribution is -2.51. The van der Waals surface area contributed by atoms with Gasteiger partial charge in [0, 0.05) is 0 Å². The fourth-order valence-corrected chi connectivity index (χ4v) is 0.899. The van der Waals surface area contributed by atoms with Gasteiger partial charge >= 0.3 is 0 Å². The van der Waals surface area contributed by atoms with E-state index in [1.165, 1.54) is 0 Å². The maximum Gasteiger partial charge on any atom is 0.220 e. The molecule has 0 aliphatic carbocycles. The summed E-state index contributed by atoms with van der Waals surface area (Å²) < 4.78 is 9.42. The largest absolute Gasteiger partial charge is 0.366 e. The molecular weight excluding hydrogens is 195 g/mol. The minimum atomic E-state index is -1.69. The van der Waals surface area contributed by atoms with Gasteiger partial charge in [-0.05, 0) is 0 Å². The van der Waals surface area contributed by atoms with Crippen molar-refractivity contribution in [2.45, 2.75) is 16.9 Å². The molecule has 1 rings (SSSR count). The van der Waals surface area contributed by atoms with Crippen LogP contribution in [0.3, 0.4) is 0 Å². The molecule has 1 aliphatic rings. The third kappa shape index (κ3) is 2.18. The van der Waals surface area contributed by atoms with Gasteiger partial charge in [0.05, 0.1) is 0 Å². The first-order chi connectivity index (χ1) is 5.04. The number of ether oxygens (including phenoxy) is 2. The van der Waals surface area contributed by atoms with Crippen LogP contribution in [0.2, 0.25) is 0 Å². The summed E-state index contributed by atoms with van der Waals surface area (Å²) in [6.07, 6.45) is -1.01. The summed E-state index contributed by atoms with van der Waals surface area (Å²) in [5, 5.41) is 18.1. The zero-order valence-electron chi connectivity index (χ0n) is 5.54. The van der Waals surface area contributed by atoms with E-state index in [1.807, 2.05) is 0 Å². The lowest BCUT2D eigenvalue weighted by atomic mass is 10.3. The van der Waals surface area contributed by atoms with Crippen LogP contribution in [-0.2, 0) is 9.47 Å². The monoisotopic (exact) mass is 202 g/mol. The molecule has 11 heavy (non-hydrogen) atoms. The third-order valence-electron chi connectivity index (χ3n) is 1.30. The van der Waals surface area contributed by atoms with Gasteiger partial charge in [0.25, 0.3) is 0 Å². The van der Waals surface area contributed by atoms with E-state index in [9.17, 15) is 5.11 Å². The molecule has 1 aliphatic heterocycles. The molecule has 0 radical (unpaired) electrons. The molecule has 66 valence electrons. The van der Waals surface area contributed by atoms with Crippen molar-refractivity contribution < 1.29 is 19.7 Å². The minimum absolute atomic E-state index is 0.132. The first-order valence-corrected chi connectivity index (χ1v) is 3.86. The second-order valence-corrected chi connectivity index (χ2v) is 3.32. The van der Waals surface area contributed by atoms with Gasteiger partial charge in [-0.15, -0.1) is 0 Å². The average Bonchev–Trinajstić information content (AvgIpc) is 1.95. The number of hydrogen-bond donors (Lipinski definition) is 2. The number of rotatable bonds is 1. The van der Waals surface area contributed by atoms with Crippen LogP contribution >= 0.6 is 23.2 Å². The van der Waals surface area contributed by atoms with Crippen LogP contribution in [0.5, 0.6) is 0 Å². The van der Waals surface area contributed by atoms with E-state index in [0.29, 0.717) is 0 Å². The quantitative estimate of drug-likeness (QED) is 0.581. The van der Waals surface area contributed by atoms with Crippen molar-refractivity contribution in [2.24, 2.45) is 0 Å². The molecule has 2 unspecified atom stereocenters. The smallest absolute Gasteiger partial charge is 0.220 e. The Hall–Kier alpha value is 0.420. The van der Waals surface area contributed by atoms with E-state index in [1.54, 1.807) is 0 Å². The predicted molar refractivity (Wildman–Crippen MR) is 38.4 cm³/mol. The lowest BCUT2D eigenvalue weighted by Gasteiger charge is -2.34. The lowest BCUT2D eigenvalue weighted by molar-refractivity contribution is -0.315. The van der Waals surface area contributed by atoms with Crippen LogP contribution in [0.1, 0.15) is 0 Å². The standard InChI is InChI=1S/C5H8Cl2O4/c6-4(7)5(9)2-10-3(8)1-11-5/h3-4,8-9H,1-2H2. The summed E-state index contributed by atoms with van der Waals surface area (Å²) in [6, 6.07) is 0. The summed E-state index contributed by atoms with van der Waals surface area (Å²) in [7, 11) is 0. The molecule has 0 aromatic heterocycles. The molecule has 0 spiro atoms. The van der Waals surface area contributed by atoms with E-state index in [4.69, 9.17) is 33.0 Å². The Labute approximate surface area is 73.6 Å². The van der Waals surface area contributed by atoms with Crippen molar-refractivity contribution in [1.82, 2.24) is 0 Å². The van der Waals surface area contributed by atoms with Crippen molar-refractivity contribution in [1.29, 1.82) is 0 Å². The van der Waals surface area contributed by atoms with Crippen LogP contribution in [0, 0.1) is 0 Å². The predicted octanol–water partition coefficient (Wildman–Crippen LogP) is -0.156. The molecule has 0 bridgehead atoms. The van der Waals surface area contributed by atoms with Crippen molar-refractivity contribution >= 4 is 23.2 Å². The summed E-state index contributed by atoms with van der Waals surface area (Å²) in [4.78, 5) is -1.09. The molecule has 0 aromatic rings. The normalized spacial score (nSPS) is 39.5. The van der Waals surface area contributed by atoms with E-state index in [2.05, 4.69) is 4.74 Å². The summed E-state index contributed by atoms with van der Waals surface area (Å²) in [5.41, 5.74) is 0. The summed E-state index contributed by atoms with van der Waals surface area (Å²) in [6.45, 7) is -0.363. The third-order valence-corrected chi connectivity index (χ3v) is 1.98. The minimum Gasteiger partial charge on any atom is -0.366 e. The maximum atomic E-state index is 9.34. The Morgan fingerprint density at radius 2 is 2.18 bits per heavy atom. The Kier molecular flexibility index (Phi) is 2.96. The number of aliphatic hydroxyl groups is 2. The molecule has 0 saturated carbocycles. The van der Waals surface area contributed by atoms with Crippen molar-refractivity contribution in [2.75, 3.05) is 13.2 Å². The maximum absolute atomic E-state index is 9.34. The molecule has 1 fully saturated rings. The van der Waals surface area contributed by atoms with E-state index in [-0.39, 0.29) is 13.2 Å². The molecule has 6 heteroatoms. The van der Waals surface area contributed by atoms with Crippen LogP contribution in [0.25, 0.3) is 0 Å². The Morgan fingerprint density at radius 3 is 2.55 bits per heavy atom. The van der Waals surface area contributed by atoms with Crippen LogP contribution < -0.4 is 0 Å². The van der Waals surface area contributed by atoms with Gasteiger partial charge in [-0.1, -0.05) is 23.2 Å². The molecule has 2 N–H and O–H groups in total. The van der Waals surface area contributed by atoms with Gasteiger partial charge in [0.1, 0.15) is 13.2 Å². The molecule has 2 atom stereocenters. The van der Waals surface area contributed by atoms with E-state index in [0.717, 1.165) is 0 Å². The Morgan fingerprint density at radius 1 is 1.55 bits per heavy atom. The fourth-order valence-electron chi connectivity index (χ4n) is 0.647. The van der Waals surface area contributed by atoms with Crippen LogP contribution in [-0.4, -0.2) is 40.3 Å². The Bertz CT molecular complexity index is 132. The van der Waals surface area contributed by atoms with E-state index < -0.39 is 16.9 Å². The van der Waals surface area contributed by atoms with Gasteiger partial charge in [-0.2, -0.15) is 0 Å². The SMILES string of the molecule is OC1COC(O)(C(Cl)Cl)CO1. The number of alkyl halides is 2. The Balaban J connectivity index is 2.48. The summed E-state index contributed by atoms with van der Waals surface area (Å²) >= 11 is 10.7. The average molecular weight is 203 g/mol. The fraction of sp³-hybridized carbons (Fsp3) is 1.00. The van der Waals surface area contributed by atoms with E-state index >= 15 is 0 Å². The van der Waals surface area contributed by atoms with Crippen molar-refractivity contribution in [3.63, 3.8) is 0 Å². The molecule has 1 saturated heterocycles. The highest BCUT2D eigenvalue weighted by Gasteiger charge is 2.40. The molecular formula is C5H8Cl2O4. The van der Waals surface area contributed by atoms with Crippen molar-refractivity contribution in [3.8, 4) is 0 Å². The highest BCUT2D eigenvalue weighted by atomic mass is 35.5. The number of aliphatic hydroxyl groups excluding tert-OH is 1. The molecule has 1 heterocycles. The molecule has 0 amide bonds. The van der Waals surface area contributed by atoms with Crippen molar-refractivity contribution in [3.05, 3.63) is 0 Å². The second-order valence-electron chi connectivity index (χ2n) is 2.22. The molecule has 4 nitrogen and oxygen atoms in total. The van der Waals surface area contributed by atoms with Gasteiger partial charge in [-0.3, -0.25) is 0 Å². The summed E-state index contributed by atoms with van der Waals surface area (Å²) in [5.74, 6) is -1.69. The number of hydrogen-bond acceptors (Lipinski definition) is 4. The van der Waals surface area contributed by atoms with Gasteiger partial charge in [-0.25, -0.2) is 0 Å². The van der Waals surface area contributed by atoms with Crippen LogP contribution in [0.15, 0.2) is 0 Å². The topological polar surface area (TPSA) is 58.9 Å². The van der Waals surface area contributed by atoms with Crippen LogP contribution in [0.4, 0.5) is 0 Å². The molecule has 0 aromatic carbocycles. The van der Waals surface area contributed by atoms with Gasteiger partial charge < -0.3 is 19.7 Å². The van der Waals surface area contributed by atoms with Gasteiger partial charge in [0.2, 0.25) is 5.79 Å². The van der Waals surface area contributed by atoms with Gasteiger partial charge in [0.15, 0.2) is 11.1 Å². The first-order valence-electron chi connectivity index (χ1n) is 2.99. The highest BCUT2D eigenvalue weighted by molar-refractivity contribution is 6.45. The second kappa shape index (κ2) is 3.43. The zero-order valence-corrected chi connectivity index (χ0v) is 7.05. The first kappa shape index (κ1) is 9.51. The zero-order chi connectivity index (χ0) is 8.48. The number of halogens is 2. The highest BCUT2D eigenvalue weighted by Crippen LogP contribution is 2.25.